The van der Waals surface area contributed by atoms with Crippen molar-refractivity contribution < 1.29 is 0 Å². The fourth-order valence-corrected chi connectivity index (χ4v) is 2.90. The van der Waals surface area contributed by atoms with Crippen molar-refractivity contribution in [3.05, 3.63) is 38.0 Å². The van der Waals surface area contributed by atoms with Gasteiger partial charge in [0.1, 0.15) is 5.82 Å². The quantitative estimate of drug-likeness (QED) is 0.690. The zero-order valence-corrected chi connectivity index (χ0v) is 15.5. The van der Waals surface area contributed by atoms with Crippen molar-refractivity contribution in [3.8, 4) is 11.4 Å². The topological polar surface area (TPSA) is 37.8 Å². The van der Waals surface area contributed by atoms with Crippen molar-refractivity contribution in [2.24, 2.45) is 5.92 Å². The standard InChI is InChI=1S/C15H17BrIN3/c1-9(2)8-12-13(17)15(18-3)20-14(19-12)10-4-6-11(16)7-5-10/h4-7,9H,8H2,1-3H3,(H,18,19,20). The van der Waals surface area contributed by atoms with Gasteiger partial charge in [0.25, 0.3) is 0 Å². The van der Waals surface area contributed by atoms with Crippen LogP contribution in [0.2, 0.25) is 0 Å². The number of aromatic nitrogens is 2. The molecule has 0 atom stereocenters. The van der Waals surface area contributed by atoms with E-state index in [-0.39, 0.29) is 0 Å². The third kappa shape index (κ3) is 3.69. The van der Waals surface area contributed by atoms with Gasteiger partial charge in [0.15, 0.2) is 5.82 Å². The SMILES string of the molecule is CNc1nc(-c2ccc(Br)cc2)nc(CC(C)C)c1I. The van der Waals surface area contributed by atoms with Gasteiger partial charge in [0.2, 0.25) is 0 Å². The van der Waals surface area contributed by atoms with E-state index in [4.69, 9.17) is 4.98 Å². The lowest BCUT2D eigenvalue weighted by atomic mass is 10.1. The zero-order valence-electron chi connectivity index (χ0n) is 11.7. The first-order valence-corrected chi connectivity index (χ1v) is 8.38. The highest BCUT2D eigenvalue weighted by Gasteiger charge is 2.13. The van der Waals surface area contributed by atoms with Crippen molar-refractivity contribution in [1.29, 1.82) is 0 Å². The summed E-state index contributed by atoms with van der Waals surface area (Å²) in [5.74, 6) is 2.24. The summed E-state index contributed by atoms with van der Waals surface area (Å²) in [5, 5.41) is 3.16. The second-order valence-corrected chi connectivity index (χ2v) is 7.01. The highest BCUT2D eigenvalue weighted by atomic mass is 127. The van der Waals surface area contributed by atoms with Crippen LogP contribution in [0.4, 0.5) is 5.82 Å². The van der Waals surface area contributed by atoms with Crippen LogP contribution in [0.1, 0.15) is 19.5 Å². The first-order chi connectivity index (χ1) is 9.51. The first kappa shape index (κ1) is 15.7. The Balaban J connectivity index is 2.50. The Morgan fingerprint density at radius 3 is 2.40 bits per heavy atom. The minimum Gasteiger partial charge on any atom is -0.372 e. The molecule has 2 aromatic rings. The lowest BCUT2D eigenvalue weighted by Gasteiger charge is -2.12. The van der Waals surface area contributed by atoms with Crippen molar-refractivity contribution in [2.45, 2.75) is 20.3 Å². The molecule has 0 bridgehead atoms. The van der Waals surface area contributed by atoms with E-state index >= 15 is 0 Å². The van der Waals surface area contributed by atoms with Gasteiger partial charge in [0, 0.05) is 17.1 Å². The molecule has 0 radical (unpaired) electrons. The monoisotopic (exact) mass is 445 g/mol. The van der Waals surface area contributed by atoms with Crippen LogP contribution in [0, 0.1) is 9.49 Å². The number of nitrogens with zero attached hydrogens (tertiary/aromatic N) is 2. The largest absolute Gasteiger partial charge is 0.372 e. The molecule has 3 nitrogen and oxygen atoms in total. The van der Waals surface area contributed by atoms with Crippen LogP contribution in [-0.2, 0) is 6.42 Å². The summed E-state index contributed by atoms with van der Waals surface area (Å²) in [6.45, 7) is 4.41. The number of hydrogen-bond donors (Lipinski definition) is 1. The van der Waals surface area contributed by atoms with E-state index in [1.807, 2.05) is 31.3 Å². The molecular weight excluding hydrogens is 429 g/mol. The molecule has 2 rings (SSSR count). The van der Waals surface area contributed by atoms with Crippen molar-refractivity contribution >= 4 is 44.3 Å². The third-order valence-corrected chi connectivity index (χ3v) is 4.52. The molecule has 0 saturated heterocycles. The Labute approximate surface area is 141 Å². The maximum Gasteiger partial charge on any atom is 0.161 e. The molecule has 1 heterocycles. The molecule has 0 fully saturated rings. The number of rotatable bonds is 4. The summed E-state index contributed by atoms with van der Waals surface area (Å²) < 4.78 is 2.17. The van der Waals surface area contributed by atoms with Crippen LogP contribution in [0.5, 0.6) is 0 Å². The van der Waals surface area contributed by atoms with Crippen LogP contribution in [0.15, 0.2) is 28.7 Å². The molecule has 0 aliphatic heterocycles. The van der Waals surface area contributed by atoms with Gasteiger partial charge in [0.05, 0.1) is 9.26 Å². The van der Waals surface area contributed by atoms with Crippen molar-refractivity contribution in [2.75, 3.05) is 12.4 Å². The molecule has 0 aliphatic rings. The summed E-state index contributed by atoms with van der Waals surface area (Å²) in [5.41, 5.74) is 2.14. The van der Waals surface area contributed by atoms with E-state index in [1.165, 1.54) is 0 Å². The van der Waals surface area contributed by atoms with Crippen molar-refractivity contribution in [1.82, 2.24) is 9.97 Å². The van der Waals surface area contributed by atoms with Gasteiger partial charge >= 0.3 is 0 Å². The summed E-state index contributed by atoms with van der Waals surface area (Å²) in [7, 11) is 1.90. The van der Waals surface area contributed by atoms with Crippen molar-refractivity contribution in [3.63, 3.8) is 0 Å². The molecule has 0 saturated carbocycles. The van der Waals surface area contributed by atoms with E-state index in [9.17, 15) is 0 Å². The molecule has 1 aromatic heterocycles. The fraction of sp³-hybridized carbons (Fsp3) is 0.333. The normalized spacial score (nSPS) is 10.9. The third-order valence-electron chi connectivity index (χ3n) is 2.86. The average Bonchev–Trinajstić information content (AvgIpc) is 2.41. The number of benzene rings is 1. The molecule has 20 heavy (non-hydrogen) atoms. The Morgan fingerprint density at radius 1 is 1.20 bits per heavy atom. The van der Waals surface area contributed by atoms with Gasteiger partial charge in [-0.1, -0.05) is 41.9 Å². The van der Waals surface area contributed by atoms with E-state index in [1.54, 1.807) is 0 Å². The summed E-state index contributed by atoms with van der Waals surface area (Å²) in [4.78, 5) is 9.36. The molecule has 106 valence electrons. The van der Waals surface area contributed by atoms with E-state index in [0.717, 1.165) is 37.4 Å². The lowest BCUT2D eigenvalue weighted by molar-refractivity contribution is 0.632. The van der Waals surface area contributed by atoms with E-state index in [2.05, 4.69) is 62.7 Å². The maximum absolute atomic E-state index is 4.75. The molecule has 1 N–H and O–H groups in total. The molecule has 1 aromatic carbocycles. The van der Waals surface area contributed by atoms with Gasteiger partial charge in [-0.15, -0.1) is 0 Å². The Morgan fingerprint density at radius 2 is 1.85 bits per heavy atom. The molecule has 0 aliphatic carbocycles. The van der Waals surface area contributed by atoms with Gasteiger partial charge in [-0.25, -0.2) is 9.97 Å². The van der Waals surface area contributed by atoms with Gasteiger partial charge in [-0.3, -0.25) is 0 Å². The van der Waals surface area contributed by atoms with Crippen LogP contribution >= 0.6 is 38.5 Å². The van der Waals surface area contributed by atoms with E-state index < -0.39 is 0 Å². The second-order valence-electron chi connectivity index (χ2n) is 5.01. The number of hydrogen-bond acceptors (Lipinski definition) is 3. The van der Waals surface area contributed by atoms with Gasteiger partial charge in [-0.2, -0.15) is 0 Å². The predicted octanol–water partition coefficient (Wildman–Crippen LogP) is 4.75. The average molecular weight is 446 g/mol. The molecule has 0 unspecified atom stereocenters. The smallest absolute Gasteiger partial charge is 0.161 e. The predicted molar refractivity (Wildman–Crippen MR) is 96.0 cm³/mol. The van der Waals surface area contributed by atoms with Crippen LogP contribution in [0.3, 0.4) is 0 Å². The van der Waals surface area contributed by atoms with Gasteiger partial charge in [-0.05, 0) is 47.1 Å². The first-order valence-electron chi connectivity index (χ1n) is 6.51. The highest BCUT2D eigenvalue weighted by Crippen LogP contribution is 2.26. The minimum absolute atomic E-state index is 0.570. The van der Waals surface area contributed by atoms with Crippen LogP contribution in [-0.4, -0.2) is 17.0 Å². The summed E-state index contributed by atoms with van der Waals surface area (Å²) in [6, 6.07) is 8.09. The fourth-order valence-electron chi connectivity index (χ4n) is 1.91. The van der Waals surface area contributed by atoms with Crippen LogP contribution in [0.25, 0.3) is 11.4 Å². The summed E-state index contributed by atoms with van der Waals surface area (Å²) in [6.07, 6.45) is 0.957. The van der Waals surface area contributed by atoms with E-state index in [0.29, 0.717) is 5.92 Å². The van der Waals surface area contributed by atoms with Crippen LogP contribution < -0.4 is 5.32 Å². The Bertz CT molecular complexity index is 597. The number of nitrogens with one attached hydrogen (secondary N) is 1. The van der Waals surface area contributed by atoms with Gasteiger partial charge < -0.3 is 5.32 Å². The summed E-state index contributed by atoms with van der Waals surface area (Å²) >= 11 is 5.77. The zero-order chi connectivity index (χ0) is 14.7. The maximum atomic E-state index is 4.75. The molecular formula is C15H17BrIN3. The molecule has 0 spiro atoms. The Kier molecular flexibility index (Phi) is 5.37. The second kappa shape index (κ2) is 6.85. The number of halogens is 2. The lowest BCUT2D eigenvalue weighted by Crippen LogP contribution is -2.07. The minimum atomic E-state index is 0.570. The Hall–Kier alpha value is -0.690. The molecule has 5 heteroatoms. The number of anilines is 1. The molecule has 0 amide bonds. The highest BCUT2D eigenvalue weighted by molar-refractivity contribution is 14.1.